The van der Waals surface area contributed by atoms with Crippen molar-refractivity contribution >= 4 is 35.0 Å². The van der Waals surface area contributed by atoms with Crippen LogP contribution in [-0.2, 0) is 15.0 Å². The number of rotatable bonds is 7. The SMILES string of the molecule is CC(c1ccccc1)C(NC(=O)C1(c2ccc(Cl)cc2Cl)CC1)C(=O)NC1CN2CCC1CC2. The average molecular weight is 500 g/mol. The van der Waals surface area contributed by atoms with Gasteiger partial charge < -0.3 is 15.5 Å². The van der Waals surface area contributed by atoms with Gasteiger partial charge >= 0.3 is 0 Å². The third kappa shape index (κ3) is 4.58. The lowest BCUT2D eigenvalue weighted by Crippen LogP contribution is -2.61. The molecule has 1 aliphatic carbocycles. The summed E-state index contributed by atoms with van der Waals surface area (Å²) in [4.78, 5) is 29.7. The van der Waals surface area contributed by atoms with Gasteiger partial charge in [0.15, 0.2) is 0 Å². The minimum atomic E-state index is -0.702. The van der Waals surface area contributed by atoms with E-state index in [2.05, 4.69) is 15.5 Å². The molecule has 180 valence electrons. The minimum Gasteiger partial charge on any atom is -0.350 e. The highest BCUT2D eigenvalue weighted by molar-refractivity contribution is 6.35. The summed E-state index contributed by atoms with van der Waals surface area (Å²) in [6.07, 6.45) is 3.64. The minimum absolute atomic E-state index is 0.110. The fraction of sp³-hybridized carbons (Fsp3) is 0.481. The summed E-state index contributed by atoms with van der Waals surface area (Å²) in [6.45, 7) is 5.12. The van der Waals surface area contributed by atoms with Crippen LogP contribution < -0.4 is 10.6 Å². The normalized spacial score (nSPS) is 26.4. The Kier molecular flexibility index (Phi) is 6.62. The first-order chi connectivity index (χ1) is 16.4. The van der Waals surface area contributed by atoms with Gasteiger partial charge in [0.25, 0.3) is 0 Å². The van der Waals surface area contributed by atoms with Crippen molar-refractivity contribution in [3.8, 4) is 0 Å². The van der Waals surface area contributed by atoms with Crippen molar-refractivity contribution < 1.29 is 9.59 Å². The Bertz CT molecular complexity index is 1060. The Hall–Kier alpha value is -2.08. The number of fused-ring (bicyclic) bond motifs is 3. The van der Waals surface area contributed by atoms with Crippen LogP contribution in [0.15, 0.2) is 48.5 Å². The molecule has 7 heteroatoms. The van der Waals surface area contributed by atoms with E-state index in [0.717, 1.165) is 43.6 Å². The quantitative estimate of drug-likeness (QED) is 0.588. The van der Waals surface area contributed by atoms with E-state index in [0.29, 0.717) is 28.8 Å². The molecule has 3 unspecified atom stereocenters. The van der Waals surface area contributed by atoms with Crippen LogP contribution in [0.4, 0.5) is 0 Å². The lowest BCUT2D eigenvalue weighted by atomic mass is 9.83. The first-order valence-electron chi connectivity index (χ1n) is 12.2. The number of carbonyl (C=O) groups excluding carboxylic acids is 2. The first-order valence-corrected chi connectivity index (χ1v) is 13.0. The molecule has 2 bridgehead atoms. The second-order valence-electron chi connectivity index (χ2n) is 10.1. The summed E-state index contributed by atoms with van der Waals surface area (Å²) in [6, 6.07) is 14.6. The zero-order chi connectivity index (χ0) is 23.9. The Morgan fingerprint density at radius 3 is 2.35 bits per heavy atom. The molecule has 0 aromatic heterocycles. The van der Waals surface area contributed by atoms with E-state index in [-0.39, 0.29) is 23.8 Å². The van der Waals surface area contributed by atoms with Gasteiger partial charge in [0.2, 0.25) is 11.8 Å². The number of carbonyl (C=O) groups is 2. The molecule has 0 radical (unpaired) electrons. The van der Waals surface area contributed by atoms with Gasteiger partial charge in [0.1, 0.15) is 6.04 Å². The third-order valence-electron chi connectivity index (χ3n) is 8.01. The molecule has 2 amide bonds. The van der Waals surface area contributed by atoms with Crippen molar-refractivity contribution in [3.05, 3.63) is 69.7 Å². The van der Waals surface area contributed by atoms with Crippen LogP contribution in [0.2, 0.25) is 10.0 Å². The summed E-state index contributed by atoms with van der Waals surface area (Å²) < 4.78 is 0. The molecule has 3 atom stereocenters. The zero-order valence-corrected chi connectivity index (χ0v) is 20.9. The molecule has 2 aromatic rings. The van der Waals surface area contributed by atoms with Crippen molar-refractivity contribution in [1.29, 1.82) is 0 Å². The summed E-state index contributed by atoms with van der Waals surface area (Å²) in [5, 5.41) is 7.46. The fourth-order valence-electron chi connectivity index (χ4n) is 5.67. The number of piperidine rings is 3. The van der Waals surface area contributed by atoms with Crippen molar-refractivity contribution in [2.45, 2.75) is 56.0 Å². The van der Waals surface area contributed by atoms with E-state index in [1.165, 1.54) is 0 Å². The number of hydrogen-bond donors (Lipinski definition) is 2. The van der Waals surface area contributed by atoms with E-state index in [4.69, 9.17) is 23.2 Å². The summed E-state index contributed by atoms with van der Waals surface area (Å²) in [7, 11) is 0. The highest BCUT2D eigenvalue weighted by atomic mass is 35.5. The monoisotopic (exact) mass is 499 g/mol. The number of amides is 2. The van der Waals surface area contributed by atoms with Crippen molar-refractivity contribution in [2.24, 2.45) is 5.92 Å². The maximum absolute atomic E-state index is 13.6. The highest BCUT2D eigenvalue weighted by Gasteiger charge is 2.53. The van der Waals surface area contributed by atoms with Gasteiger partial charge in [-0.2, -0.15) is 0 Å². The number of hydrogen-bond acceptors (Lipinski definition) is 3. The third-order valence-corrected chi connectivity index (χ3v) is 8.56. The first kappa shape index (κ1) is 23.7. The molecule has 2 aromatic carbocycles. The van der Waals surface area contributed by atoms with Gasteiger partial charge in [-0.3, -0.25) is 9.59 Å². The summed E-state index contributed by atoms with van der Waals surface area (Å²) in [5.74, 6) is 0.0812. The maximum Gasteiger partial charge on any atom is 0.243 e. The Balaban J connectivity index is 1.38. The van der Waals surface area contributed by atoms with E-state index in [1.807, 2.05) is 43.3 Å². The van der Waals surface area contributed by atoms with Gasteiger partial charge in [-0.25, -0.2) is 0 Å². The van der Waals surface area contributed by atoms with Crippen molar-refractivity contribution in [1.82, 2.24) is 15.5 Å². The van der Waals surface area contributed by atoms with Gasteiger partial charge in [0, 0.05) is 28.5 Å². The molecule has 3 aliphatic heterocycles. The van der Waals surface area contributed by atoms with Gasteiger partial charge in [-0.15, -0.1) is 0 Å². The molecular formula is C27H31Cl2N3O2. The Labute approximate surface area is 211 Å². The molecule has 3 saturated heterocycles. The lowest BCUT2D eigenvalue weighted by molar-refractivity contribution is -0.131. The largest absolute Gasteiger partial charge is 0.350 e. The molecule has 4 aliphatic rings. The predicted octanol–water partition coefficient (Wildman–Crippen LogP) is 4.52. The number of nitrogens with one attached hydrogen (secondary N) is 2. The molecule has 1 saturated carbocycles. The molecule has 2 N–H and O–H groups in total. The molecule has 3 heterocycles. The Morgan fingerprint density at radius 2 is 1.76 bits per heavy atom. The maximum atomic E-state index is 13.6. The summed E-state index contributed by atoms with van der Waals surface area (Å²) >= 11 is 12.6. The van der Waals surface area contributed by atoms with Crippen LogP contribution in [0.5, 0.6) is 0 Å². The van der Waals surface area contributed by atoms with E-state index >= 15 is 0 Å². The van der Waals surface area contributed by atoms with Gasteiger partial charge in [-0.05, 0) is 68.0 Å². The van der Waals surface area contributed by atoms with Gasteiger partial charge in [0.05, 0.1) is 5.41 Å². The van der Waals surface area contributed by atoms with Crippen molar-refractivity contribution in [2.75, 3.05) is 19.6 Å². The number of nitrogens with zero attached hydrogens (tertiary/aromatic N) is 1. The fourth-order valence-corrected chi connectivity index (χ4v) is 6.26. The van der Waals surface area contributed by atoms with E-state index in [1.54, 1.807) is 12.1 Å². The molecule has 4 fully saturated rings. The smallest absolute Gasteiger partial charge is 0.243 e. The highest BCUT2D eigenvalue weighted by Crippen LogP contribution is 2.51. The molecule has 0 spiro atoms. The molecule has 6 rings (SSSR count). The summed E-state index contributed by atoms with van der Waals surface area (Å²) in [5.41, 5.74) is 1.10. The lowest BCUT2D eigenvalue weighted by Gasteiger charge is -2.45. The number of halogens is 2. The van der Waals surface area contributed by atoms with E-state index in [9.17, 15) is 9.59 Å². The second kappa shape index (κ2) is 9.52. The standard InChI is InChI=1S/C27H31Cl2N3O2/c1-17(18-5-3-2-4-6-18)24(25(33)30-23-16-32-13-9-19(23)10-14-32)31-26(34)27(11-12-27)21-8-7-20(28)15-22(21)29/h2-8,15,17,19,23-24H,9-14,16H2,1H3,(H,30,33)(H,31,34). The van der Waals surface area contributed by atoms with Crippen LogP contribution in [0.1, 0.15) is 49.7 Å². The molecule has 5 nitrogen and oxygen atoms in total. The average Bonchev–Trinajstić information content (AvgIpc) is 3.65. The topological polar surface area (TPSA) is 61.4 Å². The Morgan fingerprint density at radius 1 is 1.06 bits per heavy atom. The van der Waals surface area contributed by atoms with Crippen LogP contribution in [-0.4, -0.2) is 48.4 Å². The van der Waals surface area contributed by atoms with E-state index < -0.39 is 11.5 Å². The number of benzene rings is 2. The van der Waals surface area contributed by atoms with Crippen LogP contribution in [0.3, 0.4) is 0 Å². The zero-order valence-electron chi connectivity index (χ0n) is 19.4. The van der Waals surface area contributed by atoms with Crippen LogP contribution in [0.25, 0.3) is 0 Å². The van der Waals surface area contributed by atoms with Crippen LogP contribution >= 0.6 is 23.2 Å². The van der Waals surface area contributed by atoms with Gasteiger partial charge in [-0.1, -0.05) is 66.5 Å². The van der Waals surface area contributed by atoms with Crippen molar-refractivity contribution in [3.63, 3.8) is 0 Å². The second-order valence-corrected chi connectivity index (χ2v) is 11.0. The molecular weight excluding hydrogens is 469 g/mol. The predicted molar refractivity (Wildman–Crippen MR) is 135 cm³/mol. The van der Waals surface area contributed by atoms with Crippen LogP contribution in [0, 0.1) is 5.92 Å². The molecule has 34 heavy (non-hydrogen) atoms.